The van der Waals surface area contributed by atoms with Gasteiger partial charge in [-0.25, -0.2) is 4.79 Å². The second-order valence-electron chi connectivity index (χ2n) is 6.51. The van der Waals surface area contributed by atoms with Crippen LogP contribution in [0.2, 0.25) is 0 Å². The van der Waals surface area contributed by atoms with Gasteiger partial charge in [0.15, 0.2) is 0 Å². The molecule has 3 N–H and O–H groups in total. The number of amides is 2. The van der Waals surface area contributed by atoms with Crippen LogP contribution in [0.25, 0.3) is 0 Å². The molecule has 0 saturated carbocycles. The first-order valence-corrected chi connectivity index (χ1v) is 9.04. The quantitative estimate of drug-likeness (QED) is 0.684. The number of aliphatic hydroxyl groups excluding tert-OH is 1. The van der Waals surface area contributed by atoms with Gasteiger partial charge in [0.1, 0.15) is 0 Å². The van der Waals surface area contributed by atoms with Gasteiger partial charge in [-0.3, -0.25) is 0 Å². The Morgan fingerprint density at radius 3 is 2.67 bits per heavy atom. The predicted molar refractivity (Wildman–Crippen MR) is 94.8 cm³/mol. The molecule has 0 aromatic heterocycles. The summed E-state index contributed by atoms with van der Waals surface area (Å²) in [7, 11) is 0. The molecule has 1 fully saturated rings. The molecule has 1 aromatic carbocycles. The SMILES string of the molecule is CCC(O)CCNC(=O)NC(CC1CCOCC1)c1ccccc1. The van der Waals surface area contributed by atoms with E-state index in [0.717, 1.165) is 38.0 Å². The zero-order valence-corrected chi connectivity index (χ0v) is 14.5. The molecule has 1 heterocycles. The number of aliphatic hydroxyl groups is 1. The number of carbonyl (C=O) groups is 1. The van der Waals surface area contributed by atoms with Crippen LogP contribution in [0.5, 0.6) is 0 Å². The fourth-order valence-corrected chi connectivity index (χ4v) is 3.04. The number of urea groups is 1. The smallest absolute Gasteiger partial charge is 0.315 e. The Labute approximate surface area is 144 Å². The fraction of sp³-hybridized carbons (Fsp3) is 0.632. The average Bonchev–Trinajstić information content (AvgIpc) is 2.62. The molecular formula is C19H30N2O3. The number of rotatable bonds is 8. The maximum Gasteiger partial charge on any atom is 0.315 e. The van der Waals surface area contributed by atoms with E-state index in [4.69, 9.17) is 4.74 Å². The van der Waals surface area contributed by atoms with Crippen molar-refractivity contribution in [3.05, 3.63) is 35.9 Å². The van der Waals surface area contributed by atoms with Gasteiger partial charge in [-0.15, -0.1) is 0 Å². The second-order valence-corrected chi connectivity index (χ2v) is 6.51. The molecule has 0 aliphatic carbocycles. The van der Waals surface area contributed by atoms with Crippen LogP contribution in [0.1, 0.15) is 50.6 Å². The highest BCUT2D eigenvalue weighted by Crippen LogP contribution is 2.27. The van der Waals surface area contributed by atoms with Crippen LogP contribution >= 0.6 is 0 Å². The maximum absolute atomic E-state index is 12.2. The third-order valence-corrected chi connectivity index (χ3v) is 4.65. The third-order valence-electron chi connectivity index (χ3n) is 4.65. The second kappa shape index (κ2) is 10.3. The minimum Gasteiger partial charge on any atom is -0.393 e. The van der Waals surface area contributed by atoms with Crippen LogP contribution in [0.4, 0.5) is 4.79 Å². The van der Waals surface area contributed by atoms with Crippen molar-refractivity contribution in [3.63, 3.8) is 0 Å². The molecule has 2 rings (SSSR count). The molecule has 0 bridgehead atoms. The van der Waals surface area contributed by atoms with Crippen LogP contribution in [0.15, 0.2) is 30.3 Å². The van der Waals surface area contributed by atoms with Gasteiger partial charge in [-0.2, -0.15) is 0 Å². The molecule has 1 saturated heterocycles. The number of nitrogens with one attached hydrogen (secondary N) is 2. The summed E-state index contributed by atoms with van der Waals surface area (Å²) in [4.78, 5) is 12.2. The summed E-state index contributed by atoms with van der Waals surface area (Å²) in [5.41, 5.74) is 1.13. The first-order chi connectivity index (χ1) is 11.7. The molecule has 1 aliphatic heterocycles. The highest BCUT2D eigenvalue weighted by atomic mass is 16.5. The van der Waals surface area contributed by atoms with E-state index in [1.807, 2.05) is 25.1 Å². The lowest BCUT2D eigenvalue weighted by Crippen LogP contribution is -2.40. The maximum atomic E-state index is 12.2. The van der Waals surface area contributed by atoms with E-state index in [1.54, 1.807) is 0 Å². The summed E-state index contributed by atoms with van der Waals surface area (Å²) in [5.74, 6) is 0.575. The summed E-state index contributed by atoms with van der Waals surface area (Å²) in [5, 5.41) is 15.5. The predicted octanol–water partition coefficient (Wildman–Crippen LogP) is 3.00. The summed E-state index contributed by atoms with van der Waals surface area (Å²) < 4.78 is 5.43. The Balaban J connectivity index is 1.89. The zero-order valence-electron chi connectivity index (χ0n) is 14.5. The van der Waals surface area contributed by atoms with Gasteiger partial charge in [0.2, 0.25) is 0 Å². The van der Waals surface area contributed by atoms with Crippen LogP contribution in [-0.2, 0) is 4.74 Å². The third kappa shape index (κ3) is 6.49. The molecule has 2 unspecified atom stereocenters. The number of benzene rings is 1. The lowest BCUT2D eigenvalue weighted by atomic mass is 9.89. The first kappa shape index (κ1) is 18.7. The van der Waals surface area contributed by atoms with Gasteiger partial charge < -0.3 is 20.5 Å². The molecule has 2 amide bonds. The topological polar surface area (TPSA) is 70.6 Å². The molecule has 5 nitrogen and oxygen atoms in total. The van der Waals surface area contributed by atoms with Crippen molar-refractivity contribution < 1.29 is 14.6 Å². The summed E-state index contributed by atoms with van der Waals surface area (Å²) in [6.45, 7) is 4.05. The van der Waals surface area contributed by atoms with Crippen molar-refractivity contribution in [1.82, 2.24) is 10.6 Å². The van der Waals surface area contributed by atoms with Gasteiger partial charge in [0.05, 0.1) is 12.1 Å². The van der Waals surface area contributed by atoms with E-state index in [0.29, 0.717) is 25.3 Å². The van der Waals surface area contributed by atoms with Crippen molar-refractivity contribution in [1.29, 1.82) is 0 Å². The van der Waals surface area contributed by atoms with E-state index in [9.17, 15) is 9.90 Å². The lowest BCUT2D eigenvalue weighted by Gasteiger charge is -2.27. The summed E-state index contributed by atoms with van der Waals surface area (Å²) in [6.07, 6.45) is 3.97. The Hall–Kier alpha value is -1.59. The van der Waals surface area contributed by atoms with Gasteiger partial charge >= 0.3 is 6.03 Å². The van der Waals surface area contributed by atoms with Crippen LogP contribution < -0.4 is 10.6 Å². The van der Waals surface area contributed by atoms with E-state index in [1.165, 1.54) is 0 Å². The molecule has 0 spiro atoms. The lowest BCUT2D eigenvalue weighted by molar-refractivity contribution is 0.0609. The Bertz CT molecular complexity index is 475. The Morgan fingerprint density at radius 2 is 2.00 bits per heavy atom. The Kier molecular flexibility index (Phi) is 8.05. The minimum absolute atomic E-state index is 0.00500. The van der Waals surface area contributed by atoms with Gasteiger partial charge in [-0.05, 0) is 43.6 Å². The fourth-order valence-electron chi connectivity index (χ4n) is 3.04. The monoisotopic (exact) mass is 334 g/mol. The van der Waals surface area contributed by atoms with Crippen LogP contribution in [0, 0.1) is 5.92 Å². The van der Waals surface area contributed by atoms with Crippen molar-refractivity contribution in [2.24, 2.45) is 5.92 Å². The highest BCUT2D eigenvalue weighted by Gasteiger charge is 2.22. The van der Waals surface area contributed by atoms with Crippen molar-refractivity contribution in [2.45, 2.75) is 51.2 Å². The van der Waals surface area contributed by atoms with Crippen molar-refractivity contribution in [3.8, 4) is 0 Å². The van der Waals surface area contributed by atoms with Crippen LogP contribution in [0.3, 0.4) is 0 Å². The molecule has 1 aromatic rings. The molecule has 134 valence electrons. The number of ether oxygens (including phenoxy) is 1. The standard InChI is InChI=1S/C19H30N2O3/c1-2-17(22)8-11-20-19(23)21-18(16-6-4-3-5-7-16)14-15-9-12-24-13-10-15/h3-7,15,17-18,22H,2,8-14H2,1H3,(H2,20,21,23). The number of carbonyl (C=O) groups excluding carboxylic acids is 1. The normalized spacial score (nSPS) is 17.9. The number of hydrogen-bond donors (Lipinski definition) is 3. The van der Waals surface area contributed by atoms with E-state index in [-0.39, 0.29) is 18.2 Å². The summed E-state index contributed by atoms with van der Waals surface area (Å²) in [6, 6.07) is 9.95. The van der Waals surface area contributed by atoms with Crippen molar-refractivity contribution >= 4 is 6.03 Å². The molecule has 5 heteroatoms. The molecule has 24 heavy (non-hydrogen) atoms. The highest BCUT2D eigenvalue weighted by molar-refractivity contribution is 5.74. The largest absolute Gasteiger partial charge is 0.393 e. The zero-order chi connectivity index (χ0) is 17.2. The van der Waals surface area contributed by atoms with Gasteiger partial charge in [0.25, 0.3) is 0 Å². The van der Waals surface area contributed by atoms with Gasteiger partial charge in [-0.1, -0.05) is 37.3 Å². The molecule has 1 aliphatic rings. The summed E-state index contributed by atoms with van der Waals surface area (Å²) >= 11 is 0. The minimum atomic E-state index is -0.350. The molecular weight excluding hydrogens is 304 g/mol. The van der Waals surface area contributed by atoms with E-state index >= 15 is 0 Å². The van der Waals surface area contributed by atoms with Crippen LogP contribution in [-0.4, -0.2) is 37.0 Å². The molecule has 2 atom stereocenters. The van der Waals surface area contributed by atoms with E-state index < -0.39 is 0 Å². The first-order valence-electron chi connectivity index (χ1n) is 9.04. The number of hydrogen-bond acceptors (Lipinski definition) is 3. The molecule has 0 radical (unpaired) electrons. The van der Waals surface area contributed by atoms with E-state index in [2.05, 4.69) is 22.8 Å². The van der Waals surface area contributed by atoms with Gasteiger partial charge in [0, 0.05) is 19.8 Å². The average molecular weight is 334 g/mol. The Morgan fingerprint density at radius 1 is 1.29 bits per heavy atom. The van der Waals surface area contributed by atoms with Crippen molar-refractivity contribution in [2.75, 3.05) is 19.8 Å².